The molecule has 0 bridgehead atoms. The van der Waals surface area contributed by atoms with Gasteiger partial charge in [-0.3, -0.25) is 14.6 Å². The Morgan fingerprint density at radius 1 is 1.32 bits per heavy atom. The van der Waals surface area contributed by atoms with E-state index in [-0.39, 0.29) is 30.1 Å². The number of thioether (sulfide) groups is 1. The molecule has 0 radical (unpaired) electrons. The van der Waals surface area contributed by atoms with Crippen molar-refractivity contribution in [3.63, 3.8) is 0 Å². The molecule has 0 aromatic carbocycles. The monoisotopic (exact) mass is 385 g/mol. The summed E-state index contributed by atoms with van der Waals surface area (Å²) in [6.07, 6.45) is 4.54. The van der Waals surface area contributed by atoms with Gasteiger partial charge < -0.3 is 19.7 Å². The van der Waals surface area contributed by atoms with E-state index in [2.05, 4.69) is 10.3 Å². The van der Waals surface area contributed by atoms with Gasteiger partial charge >= 0.3 is 0 Å². The van der Waals surface area contributed by atoms with Crippen LogP contribution in [0.3, 0.4) is 0 Å². The van der Waals surface area contributed by atoms with Gasteiger partial charge in [0.05, 0.1) is 35.6 Å². The third-order valence-corrected chi connectivity index (χ3v) is 4.90. The van der Waals surface area contributed by atoms with Crippen molar-refractivity contribution in [2.45, 2.75) is 18.2 Å². The molecule has 2 atom stereocenters. The second-order valence-electron chi connectivity index (χ2n) is 6.04. The van der Waals surface area contributed by atoms with Crippen LogP contribution in [0.2, 0.25) is 5.02 Å². The van der Waals surface area contributed by atoms with Gasteiger partial charge in [0.1, 0.15) is 12.2 Å². The molecule has 7 nitrogen and oxygen atoms in total. The van der Waals surface area contributed by atoms with Gasteiger partial charge in [-0.05, 0) is 12.3 Å². The maximum Gasteiger partial charge on any atom is 0.253 e. The highest BCUT2D eigenvalue weighted by Crippen LogP contribution is 2.21. The molecule has 0 spiro atoms. The summed E-state index contributed by atoms with van der Waals surface area (Å²) in [4.78, 5) is 29.9. The minimum Gasteiger partial charge on any atom is -0.371 e. The van der Waals surface area contributed by atoms with Crippen molar-refractivity contribution in [2.75, 3.05) is 38.3 Å². The van der Waals surface area contributed by atoms with Crippen molar-refractivity contribution in [3.05, 3.63) is 29.0 Å². The lowest BCUT2D eigenvalue weighted by Gasteiger charge is -2.19. The fraction of sp³-hybridized carbons (Fsp3) is 0.562. The Morgan fingerprint density at radius 3 is 2.60 bits per heavy atom. The van der Waals surface area contributed by atoms with Crippen molar-refractivity contribution >= 4 is 35.2 Å². The standard InChI is InChI=1S/C16H20ClN3O4S/c1-25-9-15(21)20-5-13-14(6-20)24-8-12(7-23-13)19-16(22)10-2-11(17)4-18-3-10/h2-4,12-14H,5-9H2,1H3,(H,19,22)/t13-,14-/m0/s1. The van der Waals surface area contributed by atoms with Gasteiger partial charge in [-0.15, -0.1) is 0 Å². The van der Waals surface area contributed by atoms with Crippen LogP contribution < -0.4 is 5.32 Å². The number of fused-ring (bicyclic) bond motifs is 1. The van der Waals surface area contributed by atoms with Crippen molar-refractivity contribution in [2.24, 2.45) is 0 Å². The topological polar surface area (TPSA) is 80.8 Å². The molecule has 136 valence electrons. The highest BCUT2D eigenvalue weighted by molar-refractivity contribution is 7.99. The second-order valence-corrected chi connectivity index (χ2v) is 7.34. The number of carbonyl (C=O) groups excluding carboxylic acids is 2. The average Bonchev–Trinajstić information content (AvgIpc) is 2.92. The highest BCUT2D eigenvalue weighted by atomic mass is 35.5. The number of hydrogen-bond acceptors (Lipinski definition) is 6. The Balaban J connectivity index is 1.53. The quantitative estimate of drug-likeness (QED) is 0.826. The summed E-state index contributed by atoms with van der Waals surface area (Å²) < 4.78 is 11.8. The van der Waals surface area contributed by atoms with E-state index in [0.29, 0.717) is 42.6 Å². The summed E-state index contributed by atoms with van der Waals surface area (Å²) in [6, 6.07) is 1.30. The van der Waals surface area contributed by atoms with E-state index < -0.39 is 0 Å². The number of carbonyl (C=O) groups is 2. The summed E-state index contributed by atoms with van der Waals surface area (Å²) >= 11 is 7.36. The van der Waals surface area contributed by atoms with Crippen LogP contribution in [-0.4, -0.2) is 78.3 Å². The molecule has 0 unspecified atom stereocenters. The Morgan fingerprint density at radius 2 is 2.00 bits per heavy atom. The van der Waals surface area contributed by atoms with Crippen LogP contribution in [0.25, 0.3) is 0 Å². The number of hydrogen-bond donors (Lipinski definition) is 1. The molecule has 3 heterocycles. The van der Waals surface area contributed by atoms with Crippen molar-refractivity contribution in [1.29, 1.82) is 0 Å². The fourth-order valence-electron chi connectivity index (χ4n) is 2.90. The summed E-state index contributed by atoms with van der Waals surface area (Å²) in [7, 11) is 0. The van der Waals surface area contributed by atoms with Crippen LogP contribution in [0.5, 0.6) is 0 Å². The smallest absolute Gasteiger partial charge is 0.253 e. The lowest BCUT2D eigenvalue weighted by atomic mass is 10.2. The summed E-state index contributed by atoms with van der Waals surface area (Å²) in [6.45, 7) is 1.74. The van der Waals surface area contributed by atoms with E-state index in [1.165, 1.54) is 24.2 Å². The van der Waals surface area contributed by atoms with E-state index in [0.717, 1.165) is 0 Å². The highest BCUT2D eigenvalue weighted by Gasteiger charge is 2.39. The molecule has 2 fully saturated rings. The molecule has 2 saturated heterocycles. The van der Waals surface area contributed by atoms with Crippen molar-refractivity contribution < 1.29 is 19.1 Å². The zero-order chi connectivity index (χ0) is 17.8. The summed E-state index contributed by atoms with van der Waals surface area (Å²) in [5.74, 6) is 0.299. The number of halogens is 1. The number of ether oxygens (including phenoxy) is 2. The van der Waals surface area contributed by atoms with E-state index in [9.17, 15) is 9.59 Å². The van der Waals surface area contributed by atoms with Gasteiger partial charge in [-0.25, -0.2) is 0 Å². The first-order valence-corrected chi connectivity index (χ1v) is 9.75. The summed E-state index contributed by atoms with van der Waals surface area (Å²) in [5.41, 5.74) is 0.394. The van der Waals surface area contributed by atoms with Crippen LogP contribution in [0.4, 0.5) is 0 Å². The number of likely N-dealkylation sites (tertiary alicyclic amines) is 1. The van der Waals surface area contributed by atoms with Crippen LogP contribution in [0.1, 0.15) is 10.4 Å². The van der Waals surface area contributed by atoms with Gasteiger partial charge in [-0.1, -0.05) is 11.6 Å². The van der Waals surface area contributed by atoms with Crippen LogP contribution in [0.15, 0.2) is 18.5 Å². The molecule has 2 aliphatic heterocycles. The molecule has 0 aliphatic carbocycles. The second kappa shape index (κ2) is 8.35. The maximum absolute atomic E-state index is 12.3. The number of amides is 2. The minimum absolute atomic E-state index is 0.103. The lowest BCUT2D eigenvalue weighted by molar-refractivity contribution is -0.128. The molecule has 3 rings (SSSR count). The molecule has 1 N–H and O–H groups in total. The molecular weight excluding hydrogens is 366 g/mol. The molecular formula is C16H20ClN3O4S. The minimum atomic E-state index is -0.268. The number of nitrogens with zero attached hydrogens (tertiary/aromatic N) is 2. The van der Waals surface area contributed by atoms with Gasteiger partial charge in [0.25, 0.3) is 5.91 Å². The molecule has 1 aromatic rings. The first kappa shape index (κ1) is 18.4. The molecule has 9 heteroatoms. The van der Waals surface area contributed by atoms with Gasteiger partial charge in [0.2, 0.25) is 5.91 Å². The van der Waals surface area contributed by atoms with Gasteiger partial charge in [0, 0.05) is 25.5 Å². The lowest BCUT2D eigenvalue weighted by Crippen LogP contribution is -2.41. The number of aromatic nitrogens is 1. The van der Waals surface area contributed by atoms with Crippen LogP contribution in [-0.2, 0) is 14.3 Å². The Hall–Kier alpha value is -1.35. The molecule has 2 aliphatic rings. The van der Waals surface area contributed by atoms with E-state index >= 15 is 0 Å². The van der Waals surface area contributed by atoms with Crippen molar-refractivity contribution in [1.82, 2.24) is 15.2 Å². The Kier molecular flexibility index (Phi) is 6.16. The number of nitrogens with one attached hydrogen (secondary N) is 1. The van der Waals surface area contributed by atoms with Crippen LogP contribution in [0, 0.1) is 0 Å². The van der Waals surface area contributed by atoms with E-state index in [1.807, 2.05) is 6.26 Å². The third kappa shape index (κ3) is 4.63. The zero-order valence-corrected chi connectivity index (χ0v) is 15.4. The first-order chi connectivity index (χ1) is 12.1. The largest absolute Gasteiger partial charge is 0.371 e. The van der Waals surface area contributed by atoms with Gasteiger partial charge in [-0.2, -0.15) is 11.8 Å². The molecule has 2 amide bonds. The van der Waals surface area contributed by atoms with Crippen molar-refractivity contribution in [3.8, 4) is 0 Å². The fourth-order valence-corrected chi connectivity index (χ4v) is 3.50. The van der Waals surface area contributed by atoms with E-state index in [1.54, 1.807) is 11.0 Å². The zero-order valence-electron chi connectivity index (χ0n) is 13.8. The van der Waals surface area contributed by atoms with Crippen LogP contribution >= 0.6 is 23.4 Å². The first-order valence-electron chi connectivity index (χ1n) is 7.98. The average molecular weight is 386 g/mol. The maximum atomic E-state index is 12.3. The Labute approximate surface area is 155 Å². The summed E-state index contributed by atoms with van der Waals surface area (Å²) in [5, 5.41) is 3.28. The Bertz CT molecular complexity index is 632. The number of rotatable bonds is 4. The predicted molar refractivity (Wildman–Crippen MR) is 94.9 cm³/mol. The SMILES string of the molecule is CSCC(=O)N1C[C@@H]2OCC(NC(=O)c3cncc(Cl)c3)CO[C@H]2C1. The molecule has 1 aromatic heterocycles. The number of pyridine rings is 1. The third-order valence-electron chi connectivity index (χ3n) is 4.16. The molecule has 0 saturated carbocycles. The molecule has 25 heavy (non-hydrogen) atoms. The van der Waals surface area contributed by atoms with Gasteiger partial charge in [0.15, 0.2) is 0 Å². The predicted octanol–water partition coefficient (Wildman–Crippen LogP) is 0.823. The van der Waals surface area contributed by atoms with E-state index in [4.69, 9.17) is 21.1 Å². The normalized spacial score (nSPS) is 23.8.